The van der Waals surface area contributed by atoms with Crippen molar-refractivity contribution in [3.05, 3.63) is 47.7 Å². The minimum absolute atomic E-state index is 0.0677. The van der Waals surface area contributed by atoms with E-state index in [1.54, 1.807) is 27.9 Å². The second-order valence-electron chi connectivity index (χ2n) is 5.99. The van der Waals surface area contributed by atoms with Crippen LogP contribution in [0, 0.1) is 5.92 Å². The molecule has 1 N–H and O–H groups in total. The lowest BCUT2D eigenvalue weighted by Crippen LogP contribution is -2.40. The number of rotatable bonds is 5. The zero-order valence-electron chi connectivity index (χ0n) is 13.4. The van der Waals surface area contributed by atoms with Crippen molar-refractivity contribution in [2.24, 2.45) is 5.92 Å². The van der Waals surface area contributed by atoms with E-state index in [4.69, 9.17) is 11.6 Å². The Hall–Kier alpha value is -2.34. The van der Waals surface area contributed by atoms with Gasteiger partial charge in [-0.05, 0) is 25.1 Å². The van der Waals surface area contributed by atoms with Crippen molar-refractivity contribution in [1.82, 2.24) is 15.1 Å². The Morgan fingerprint density at radius 1 is 1.42 bits per heavy atom. The molecule has 0 radical (unpaired) electrons. The molecule has 0 aliphatic carbocycles. The lowest BCUT2D eigenvalue weighted by Gasteiger charge is -2.19. The number of anilines is 1. The molecule has 1 aromatic carbocycles. The van der Waals surface area contributed by atoms with Crippen LogP contribution in [0.1, 0.15) is 13.3 Å². The van der Waals surface area contributed by atoms with Gasteiger partial charge in [0.15, 0.2) is 0 Å². The van der Waals surface area contributed by atoms with E-state index in [0.717, 1.165) is 0 Å². The summed E-state index contributed by atoms with van der Waals surface area (Å²) >= 11 is 6.16. The summed E-state index contributed by atoms with van der Waals surface area (Å²) in [6.07, 6.45) is 3.75. The first-order chi connectivity index (χ1) is 11.5. The Morgan fingerprint density at radius 2 is 2.21 bits per heavy atom. The van der Waals surface area contributed by atoms with Crippen LogP contribution in [0.3, 0.4) is 0 Å². The van der Waals surface area contributed by atoms with Crippen LogP contribution >= 0.6 is 11.6 Å². The minimum atomic E-state index is -0.367. The molecule has 1 saturated heterocycles. The molecule has 2 aromatic rings. The molecular weight excluding hydrogens is 328 g/mol. The standard InChI is InChI=1S/C17H19ClN4O2/c1-12(10-21-8-4-7-19-21)20-17(24)13-9-16(23)22(11-13)15-6-3-2-5-14(15)18/h2-8,12-13H,9-11H2,1H3,(H,20,24)/t12-,13+/m0/s1. The van der Waals surface area contributed by atoms with Gasteiger partial charge in [-0.3, -0.25) is 14.3 Å². The summed E-state index contributed by atoms with van der Waals surface area (Å²) < 4.78 is 1.76. The fourth-order valence-electron chi connectivity index (χ4n) is 2.88. The lowest BCUT2D eigenvalue weighted by atomic mass is 10.1. The maximum Gasteiger partial charge on any atom is 0.227 e. The molecule has 24 heavy (non-hydrogen) atoms. The highest BCUT2D eigenvalue weighted by molar-refractivity contribution is 6.33. The summed E-state index contributed by atoms with van der Waals surface area (Å²) in [4.78, 5) is 26.3. The maximum absolute atomic E-state index is 12.4. The van der Waals surface area contributed by atoms with Crippen molar-refractivity contribution in [2.45, 2.75) is 25.9 Å². The molecular formula is C17H19ClN4O2. The number of carbonyl (C=O) groups excluding carboxylic acids is 2. The zero-order valence-corrected chi connectivity index (χ0v) is 14.1. The predicted molar refractivity (Wildman–Crippen MR) is 91.7 cm³/mol. The Morgan fingerprint density at radius 3 is 2.92 bits per heavy atom. The highest BCUT2D eigenvalue weighted by atomic mass is 35.5. The van der Waals surface area contributed by atoms with Crippen molar-refractivity contribution in [3.8, 4) is 0 Å². The average Bonchev–Trinajstić information content (AvgIpc) is 3.17. The van der Waals surface area contributed by atoms with Gasteiger partial charge in [0.2, 0.25) is 11.8 Å². The number of nitrogens with one attached hydrogen (secondary N) is 1. The summed E-state index contributed by atoms with van der Waals surface area (Å²) in [7, 11) is 0. The molecule has 1 aliphatic rings. The Labute approximate surface area is 145 Å². The molecule has 0 bridgehead atoms. The van der Waals surface area contributed by atoms with Crippen LogP contribution in [0.25, 0.3) is 0 Å². The summed E-state index contributed by atoms with van der Waals surface area (Å²) in [5.41, 5.74) is 0.657. The Bertz CT molecular complexity index is 732. The van der Waals surface area contributed by atoms with Gasteiger partial charge >= 0.3 is 0 Å². The van der Waals surface area contributed by atoms with Gasteiger partial charge in [0.05, 0.1) is 23.2 Å². The largest absolute Gasteiger partial charge is 0.351 e. The van der Waals surface area contributed by atoms with E-state index in [-0.39, 0.29) is 30.2 Å². The highest BCUT2D eigenvalue weighted by Crippen LogP contribution is 2.31. The van der Waals surface area contributed by atoms with E-state index in [2.05, 4.69) is 10.4 Å². The molecule has 3 rings (SSSR count). The van der Waals surface area contributed by atoms with Gasteiger partial charge in [0.25, 0.3) is 0 Å². The van der Waals surface area contributed by atoms with Crippen LogP contribution in [0.5, 0.6) is 0 Å². The molecule has 126 valence electrons. The first-order valence-electron chi connectivity index (χ1n) is 7.87. The van der Waals surface area contributed by atoms with E-state index in [0.29, 0.717) is 23.8 Å². The first-order valence-corrected chi connectivity index (χ1v) is 8.25. The predicted octanol–water partition coefficient (Wildman–Crippen LogP) is 2.09. The maximum atomic E-state index is 12.4. The molecule has 1 aliphatic heterocycles. The van der Waals surface area contributed by atoms with Crippen molar-refractivity contribution >= 4 is 29.1 Å². The third-order valence-corrected chi connectivity index (χ3v) is 4.37. The Kier molecular flexibility index (Phi) is 4.85. The van der Waals surface area contributed by atoms with E-state index in [9.17, 15) is 9.59 Å². The number of aromatic nitrogens is 2. The summed E-state index contributed by atoms with van der Waals surface area (Å²) in [6.45, 7) is 2.86. The molecule has 1 aromatic heterocycles. The number of hydrogen-bond donors (Lipinski definition) is 1. The Balaban J connectivity index is 1.61. The second-order valence-corrected chi connectivity index (χ2v) is 6.40. The number of amides is 2. The van der Waals surface area contributed by atoms with Crippen molar-refractivity contribution in [2.75, 3.05) is 11.4 Å². The molecule has 6 nitrogen and oxygen atoms in total. The molecule has 7 heteroatoms. The van der Waals surface area contributed by atoms with Crippen LogP contribution in [0.4, 0.5) is 5.69 Å². The average molecular weight is 347 g/mol. The van der Waals surface area contributed by atoms with Crippen LogP contribution in [-0.4, -0.2) is 34.2 Å². The SMILES string of the molecule is C[C@@H](Cn1cccn1)NC(=O)[C@@H]1CC(=O)N(c2ccccc2Cl)C1. The number of halogens is 1. The van der Waals surface area contributed by atoms with Gasteiger partial charge < -0.3 is 10.2 Å². The first kappa shape index (κ1) is 16.5. The number of hydrogen-bond acceptors (Lipinski definition) is 3. The fourth-order valence-corrected chi connectivity index (χ4v) is 3.12. The van der Waals surface area contributed by atoms with Gasteiger partial charge in [-0.25, -0.2) is 0 Å². The number of nitrogens with zero attached hydrogens (tertiary/aromatic N) is 3. The fraction of sp³-hybridized carbons (Fsp3) is 0.353. The van der Waals surface area contributed by atoms with Crippen LogP contribution in [-0.2, 0) is 16.1 Å². The van der Waals surface area contributed by atoms with E-state index < -0.39 is 0 Å². The number of carbonyl (C=O) groups is 2. The van der Waals surface area contributed by atoms with Gasteiger partial charge in [-0.1, -0.05) is 23.7 Å². The quantitative estimate of drug-likeness (QED) is 0.901. The van der Waals surface area contributed by atoms with Crippen molar-refractivity contribution in [3.63, 3.8) is 0 Å². The summed E-state index contributed by atoms with van der Waals surface area (Å²) in [6, 6.07) is 8.94. The topological polar surface area (TPSA) is 67.2 Å². The number of benzene rings is 1. The molecule has 2 amide bonds. The third-order valence-electron chi connectivity index (χ3n) is 4.05. The minimum Gasteiger partial charge on any atom is -0.351 e. The van der Waals surface area contributed by atoms with E-state index in [1.165, 1.54) is 0 Å². The lowest BCUT2D eigenvalue weighted by molar-refractivity contribution is -0.126. The molecule has 2 heterocycles. The molecule has 2 atom stereocenters. The zero-order chi connectivity index (χ0) is 17.1. The second kappa shape index (κ2) is 7.05. The normalized spacial score (nSPS) is 18.7. The number of para-hydroxylation sites is 1. The van der Waals surface area contributed by atoms with Gasteiger partial charge in [-0.2, -0.15) is 5.10 Å². The monoisotopic (exact) mass is 346 g/mol. The summed E-state index contributed by atoms with van der Waals surface area (Å²) in [5, 5.41) is 7.59. The molecule has 0 unspecified atom stereocenters. The summed E-state index contributed by atoms with van der Waals surface area (Å²) in [5.74, 6) is -0.561. The smallest absolute Gasteiger partial charge is 0.227 e. The van der Waals surface area contributed by atoms with Gasteiger partial charge in [0, 0.05) is 31.4 Å². The van der Waals surface area contributed by atoms with E-state index >= 15 is 0 Å². The van der Waals surface area contributed by atoms with E-state index in [1.807, 2.05) is 31.3 Å². The van der Waals surface area contributed by atoms with Gasteiger partial charge in [-0.15, -0.1) is 0 Å². The third kappa shape index (κ3) is 3.59. The van der Waals surface area contributed by atoms with Crippen LogP contribution in [0.15, 0.2) is 42.7 Å². The molecule has 1 fully saturated rings. The van der Waals surface area contributed by atoms with Crippen molar-refractivity contribution < 1.29 is 9.59 Å². The highest BCUT2D eigenvalue weighted by Gasteiger charge is 2.36. The van der Waals surface area contributed by atoms with Gasteiger partial charge in [0.1, 0.15) is 0 Å². The van der Waals surface area contributed by atoms with Crippen LogP contribution < -0.4 is 10.2 Å². The molecule has 0 spiro atoms. The van der Waals surface area contributed by atoms with Crippen molar-refractivity contribution in [1.29, 1.82) is 0 Å². The van der Waals surface area contributed by atoms with Crippen LogP contribution in [0.2, 0.25) is 5.02 Å². The molecule has 0 saturated carbocycles.